The van der Waals surface area contributed by atoms with Crippen LogP contribution in [-0.4, -0.2) is 61.3 Å². The number of hydrogen-bond acceptors (Lipinski definition) is 6. The number of imidazole rings is 1. The molecular formula is C30H26FN7O. The van der Waals surface area contributed by atoms with Gasteiger partial charge in [0.05, 0.1) is 34.6 Å². The second kappa shape index (κ2) is 9.92. The fourth-order valence-corrected chi connectivity index (χ4v) is 5.20. The third-order valence-electron chi connectivity index (χ3n) is 7.22. The van der Waals surface area contributed by atoms with E-state index < -0.39 is 0 Å². The summed E-state index contributed by atoms with van der Waals surface area (Å²) >= 11 is 0. The molecule has 2 N–H and O–H groups in total. The van der Waals surface area contributed by atoms with Gasteiger partial charge in [0.25, 0.3) is 0 Å². The largest absolute Gasteiger partial charge is 0.491 e. The SMILES string of the molecule is Fc1ccc(-c2cccc3[nH]c(-c4n[nH]c5cnc(-c6cncc(OCCN7CCCC7)c6)cc45)nc23)cc1. The molecule has 1 fully saturated rings. The quantitative estimate of drug-likeness (QED) is 0.275. The zero-order valence-corrected chi connectivity index (χ0v) is 21.2. The molecule has 0 atom stereocenters. The average molecular weight is 520 g/mol. The second-order valence-corrected chi connectivity index (χ2v) is 9.79. The molecule has 6 aromatic rings. The minimum Gasteiger partial charge on any atom is -0.491 e. The predicted molar refractivity (Wildman–Crippen MR) is 149 cm³/mol. The van der Waals surface area contributed by atoms with Crippen molar-refractivity contribution in [3.63, 3.8) is 0 Å². The molecule has 0 radical (unpaired) electrons. The van der Waals surface area contributed by atoms with Gasteiger partial charge in [-0.25, -0.2) is 9.37 Å². The molecule has 0 saturated carbocycles. The molecule has 1 saturated heterocycles. The fraction of sp³-hybridized carbons (Fsp3) is 0.200. The lowest BCUT2D eigenvalue weighted by Crippen LogP contribution is -2.25. The van der Waals surface area contributed by atoms with E-state index in [1.54, 1.807) is 30.7 Å². The van der Waals surface area contributed by atoms with Crippen molar-refractivity contribution in [2.45, 2.75) is 12.8 Å². The molecule has 1 aliphatic rings. The van der Waals surface area contributed by atoms with Crippen LogP contribution >= 0.6 is 0 Å². The first kappa shape index (κ1) is 23.5. The number of fused-ring (bicyclic) bond motifs is 2. The summed E-state index contributed by atoms with van der Waals surface area (Å²) in [7, 11) is 0. The number of aromatic amines is 2. The Kier molecular flexibility index (Phi) is 5.97. The maximum absolute atomic E-state index is 13.5. The minimum absolute atomic E-state index is 0.268. The summed E-state index contributed by atoms with van der Waals surface area (Å²) in [6.07, 6.45) is 7.84. The number of para-hydroxylation sites is 1. The molecule has 194 valence electrons. The van der Waals surface area contributed by atoms with Gasteiger partial charge in [0.15, 0.2) is 5.82 Å². The smallest absolute Gasteiger partial charge is 0.159 e. The van der Waals surface area contributed by atoms with Gasteiger partial charge in [-0.05, 0) is 61.8 Å². The lowest BCUT2D eigenvalue weighted by molar-refractivity contribution is 0.237. The number of H-pyrrole nitrogens is 2. The van der Waals surface area contributed by atoms with E-state index >= 15 is 0 Å². The molecule has 0 spiro atoms. The van der Waals surface area contributed by atoms with E-state index in [4.69, 9.17) is 9.72 Å². The first-order chi connectivity index (χ1) is 19.2. The Hall–Kier alpha value is -4.63. The molecule has 0 amide bonds. The van der Waals surface area contributed by atoms with Gasteiger partial charge in [-0.15, -0.1) is 0 Å². The molecule has 2 aromatic carbocycles. The molecule has 9 heteroatoms. The predicted octanol–water partition coefficient (Wildman–Crippen LogP) is 5.84. The number of pyridine rings is 2. The normalized spacial score (nSPS) is 14.0. The fourth-order valence-electron chi connectivity index (χ4n) is 5.20. The van der Waals surface area contributed by atoms with Crippen LogP contribution < -0.4 is 4.74 Å². The van der Waals surface area contributed by atoms with Crippen LogP contribution in [0.25, 0.3) is 55.8 Å². The second-order valence-electron chi connectivity index (χ2n) is 9.79. The van der Waals surface area contributed by atoms with Crippen molar-refractivity contribution in [1.82, 2.24) is 35.0 Å². The molecule has 1 aliphatic heterocycles. The zero-order valence-electron chi connectivity index (χ0n) is 21.2. The van der Waals surface area contributed by atoms with Crippen molar-refractivity contribution in [3.05, 3.63) is 79.0 Å². The topological polar surface area (TPSA) is 95.6 Å². The number of benzene rings is 2. The van der Waals surface area contributed by atoms with E-state index in [9.17, 15) is 4.39 Å². The first-order valence-corrected chi connectivity index (χ1v) is 13.1. The maximum atomic E-state index is 13.5. The van der Waals surface area contributed by atoms with Gasteiger partial charge in [0, 0.05) is 29.3 Å². The van der Waals surface area contributed by atoms with Crippen molar-refractivity contribution < 1.29 is 9.13 Å². The zero-order chi connectivity index (χ0) is 26.2. The van der Waals surface area contributed by atoms with Crippen LogP contribution in [0.4, 0.5) is 4.39 Å². The molecule has 7 rings (SSSR count). The van der Waals surface area contributed by atoms with Gasteiger partial charge in [-0.1, -0.05) is 24.3 Å². The molecule has 4 aromatic heterocycles. The Balaban J connectivity index is 1.20. The first-order valence-electron chi connectivity index (χ1n) is 13.1. The van der Waals surface area contributed by atoms with Crippen molar-refractivity contribution in [2.24, 2.45) is 0 Å². The van der Waals surface area contributed by atoms with Gasteiger partial charge in [-0.2, -0.15) is 5.10 Å². The van der Waals surface area contributed by atoms with Crippen LogP contribution in [-0.2, 0) is 0 Å². The lowest BCUT2D eigenvalue weighted by Gasteiger charge is -2.15. The number of ether oxygens (including phenoxy) is 1. The Morgan fingerprint density at radius 1 is 0.923 bits per heavy atom. The molecule has 8 nitrogen and oxygen atoms in total. The highest BCUT2D eigenvalue weighted by atomic mass is 19.1. The molecule has 0 aliphatic carbocycles. The third kappa shape index (κ3) is 4.61. The molecule has 0 bridgehead atoms. The van der Waals surface area contributed by atoms with Gasteiger partial charge in [-0.3, -0.25) is 20.0 Å². The van der Waals surface area contributed by atoms with E-state index in [1.165, 1.54) is 25.0 Å². The van der Waals surface area contributed by atoms with E-state index in [2.05, 4.69) is 30.0 Å². The number of hydrogen-bond donors (Lipinski definition) is 2. The van der Waals surface area contributed by atoms with E-state index in [0.717, 1.165) is 69.7 Å². The molecule has 39 heavy (non-hydrogen) atoms. The highest BCUT2D eigenvalue weighted by Crippen LogP contribution is 2.33. The summed E-state index contributed by atoms with van der Waals surface area (Å²) in [5.74, 6) is 1.10. The number of aromatic nitrogens is 6. The van der Waals surface area contributed by atoms with Gasteiger partial charge in [0.2, 0.25) is 0 Å². The Morgan fingerprint density at radius 3 is 2.67 bits per heavy atom. The third-order valence-corrected chi connectivity index (χ3v) is 7.22. The van der Waals surface area contributed by atoms with Crippen LogP contribution in [0, 0.1) is 5.82 Å². The van der Waals surface area contributed by atoms with Crippen LogP contribution in [0.2, 0.25) is 0 Å². The van der Waals surface area contributed by atoms with Crippen LogP contribution in [0.15, 0.2) is 73.2 Å². The maximum Gasteiger partial charge on any atom is 0.159 e. The van der Waals surface area contributed by atoms with E-state index in [-0.39, 0.29) is 5.82 Å². The van der Waals surface area contributed by atoms with E-state index in [1.807, 2.05) is 30.3 Å². The molecule has 0 unspecified atom stereocenters. The Bertz CT molecular complexity index is 1770. The minimum atomic E-state index is -0.268. The average Bonchev–Trinajstić information content (AvgIpc) is 3.73. The number of nitrogens with one attached hydrogen (secondary N) is 2. The van der Waals surface area contributed by atoms with Crippen LogP contribution in [0.5, 0.6) is 5.75 Å². The number of rotatable bonds is 7. The summed E-state index contributed by atoms with van der Waals surface area (Å²) in [6, 6.07) is 16.3. The summed E-state index contributed by atoms with van der Waals surface area (Å²) in [5, 5.41) is 8.51. The van der Waals surface area contributed by atoms with Gasteiger partial charge < -0.3 is 9.72 Å². The highest BCUT2D eigenvalue weighted by Gasteiger charge is 2.17. The molecular weight excluding hydrogens is 493 g/mol. The summed E-state index contributed by atoms with van der Waals surface area (Å²) in [6.45, 7) is 3.86. The number of halogens is 1. The van der Waals surface area contributed by atoms with Gasteiger partial charge >= 0.3 is 0 Å². The van der Waals surface area contributed by atoms with E-state index in [0.29, 0.717) is 18.1 Å². The summed E-state index contributed by atoms with van der Waals surface area (Å²) < 4.78 is 19.5. The van der Waals surface area contributed by atoms with Crippen molar-refractivity contribution in [3.8, 4) is 39.7 Å². The molecule has 5 heterocycles. The monoisotopic (exact) mass is 519 g/mol. The summed E-state index contributed by atoms with van der Waals surface area (Å²) in [4.78, 5) is 19.7. The highest BCUT2D eigenvalue weighted by molar-refractivity contribution is 5.97. The number of nitrogens with zero attached hydrogens (tertiary/aromatic N) is 5. The Morgan fingerprint density at radius 2 is 1.79 bits per heavy atom. The lowest BCUT2D eigenvalue weighted by atomic mass is 10.0. The van der Waals surface area contributed by atoms with Crippen molar-refractivity contribution in [2.75, 3.05) is 26.2 Å². The van der Waals surface area contributed by atoms with Crippen LogP contribution in [0.3, 0.4) is 0 Å². The van der Waals surface area contributed by atoms with Gasteiger partial charge in [0.1, 0.15) is 23.9 Å². The number of likely N-dealkylation sites (tertiary alicyclic amines) is 1. The standard InChI is InChI=1S/C30H26FN7O/c31-21-8-6-19(7-9-21)23-4-3-5-25-28(23)35-30(34-25)29-24-15-26(33-18-27(24)36-37-29)20-14-22(17-32-16-20)39-13-12-38-10-1-2-11-38/h3-9,14-18H,1-2,10-13H2,(H,34,35)(H,36,37). The Labute approximate surface area is 223 Å². The van der Waals surface area contributed by atoms with Crippen molar-refractivity contribution >= 4 is 21.9 Å². The van der Waals surface area contributed by atoms with Crippen molar-refractivity contribution in [1.29, 1.82) is 0 Å². The van der Waals surface area contributed by atoms with Crippen LogP contribution in [0.1, 0.15) is 12.8 Å². The summed E-state index contributed by atoms with van der Waals surface area (Å²) in [5.41, 5.74) is 6.63.